The van der Waals surface area contributed by atoms with Crippen LogP contribution in [0.2, 0.25) is 0 Å². The number of ether oxygens (including phenoxy) is 2. The summed E-state index contributed by atoms with van der Waals surface area (Å²) in [5, 5.41) is 0. The van der Waals surface area contributed by atoms with Gasteiger partial charge < -0.3 is 14.0 Å². The van der Waals surface area contributed by atoms with Crippen LogP contribution in [0.4, 0.5) is 0 Å². The second-order valence-corrected chi connectivity index (χ2v) is 5.07. The fourth-order valence-electron chi connectivity index (χ4n) is 2.10. The number of quaternary nitrogens is 1. The molecule has 1 aliphatic heterocycles. The average Bonchev–Trinajstić information content (AvgIpc) is 2.30. The summed E-state index contributed by atoms with van der Waals surface area (Å²) in [5.74, 6) is 0.977. The fraction of sp³-hybridized carbons (Fsp3) is 0.571. The van der Waals surface area contributed by atoms with Crippen LogP contribution in [0.5, 0.6) is 5.75 Å². The molecule has 94 valence electrons. The van der Waals surface area contributed by atoms with Crippen LogP contribution in [0.3, 0.4) is 0 Å². The molecule has 1 saturated heterocycles. The summed E-state index contributed by atoms with van der Waals surface area (Å²) < 4.78 is 12.2. The molecule has 0 saturated carbocycles. The molecule has 3 heteroatoms. The molecule has 0 bridgehead atoms. The SMILES string of the molecule is Cc1cccc(OCC[N+]2(C)CCOCC2)c1. The monoisotopic (exact) mass is 236 g/mol. The van der Waals surface area contributed by atoms with Gasteiger partial charge in [-0.15, -0.1) is 0 Å². The van der Waals surface area contributed by atoms with Crippen LogP contribution >= 0.6 is 0 Å². The van der Waals surface area contributed by atoms with E-state index in [0.29, 0.717) is 0 Å². The Morgan fingerprint density at radius 3 is 2.76 bits per heavy atom. The molecule has 0 atom stereocenters. The number of hydrogen-bond donors (Lipinski definition) is 0. The molecule has 0 aromatic heterocycles. The predicted molar refractivity (Wildman–Crippen MR) is 68.3 cm³/mol. The van der Waals surface area contributed by atoms with Crippen LogP contribution in [0.15, 0.2) is 24.3 Å². The van der Waals surface area contributed by atoms with Gasteiger partial charge in [-0.2, -0.15) is 0 Å². The third kappa shape index (κ3) is 3.72. The molecule has 0 spiro atoms. The quantitative estimate of drug-likeness (QED) is 0.743. The first-order valence-electron chi connectivity index (χ1n) is 6.29. The molecule has 2 rings (SSSR count). The van der Waals surface area contributed by atoms with Gasteiger partial charge >= 0.3 is 0 Å². The van der Waals surface area contributed by atoms with E-state index >= 15 is 0 Å². The third-order valence-electron chi connectivity index (χ3n) is 3.44. The number of rotatable bonds is 4. The number of nitrogens with zero attached hydrogens (tertiary/aromatic N) is 1. The minimum absolute atomic E-state index is 0.778. The number of benzene rings is 1. The van der Waals surface area contributed by atoms with E-state index in [9.17, 15) is 0 Å². The lowest BCUT2D eigenvalue weighted by Gasteiger charge is -2.37. The zero-order valence-electron chi connectivity index (χ0n) is 10.8. The van der Waals surface area contributed by atoms with E-state index < -0.39 is 0 Å². The molecule has 3 nitrogen and oxygen atoms in total. The third-order valence-corrected chi connectivity index (χ3v) is 3.44. The van der Waals surface area contributed by atoms with Gasteiger partial charge in [-0.1, -0.05) is 12.1 Å². The second kappa shape index (κ2) is 5.52. The lowest BCUT2D eigenvalue weighted by molar-refractivity contribution is -0.916. The van der Waals surface area contributed by atoms with Crippen LogP contribution in [-0.4, -0.2) is 51.0 Å². The average molecular weight is 236 g/mol. The van der Waals surface area contributed by atoms with E-state index in [0.717, 1.165) is 49.7 Å². The predicted octanol–water partition coefficient (Wildman–Crippen LogP) is 1.85. The Bertz CT molecular complexity index is 359. The molecule has 1 aromatic rings. The Morgan fingerprint density at radius 2 is 2.06 bits per heavy atom. The summed E-state index contributed by atoms with van der Waals surface area (Å²) in [5.41, 5.74) is 1.24. The maximum atomic E-state index is 5.80. The highest BCUT2D eigenvalue weighted by Crippen LogP contribution is 2.13. The standard InChI is InChI=1S/C14H22NO2/c1-13-4-3-5-14(12-13)17-11-8-15(2)6-9-16-10-7-15/h3-5,12H,6-11H2,1-2H3/q+1. The van der Waals surface area contributed by atoms with Crippen LogP contribution in [0, 0.1) is 6.92 Å². The van der Waals surface area contributed by atoms with Crippen molar-refractivity contribution >= 4 is 0 Å². The topological polar surface area (TPSA) is 18.5 Å². The summed E-state index contributed by atoms with van der Waals surface area (Å²) in [4.78, 5) is 0. The number of likely N-dealkylation sites (N-methyl/N-ethyl adjacent to an activating group) is 1. The van der Waals surface area contributed by atoms with Crippen molar-refractivity contribution in [2.45, 2.75) is 6.92 Å². The van der Waals surface area contributed by atoms with Gasteiger partial charge in [0.15, 0.2) is 0 Å². The van der Waals surface area contributed by atoms with E-state index in [-0.39, 0.29) is 0 Å². The highest BCUT2D eigenvalue weighted by atomic mass is 16.5. The van der Waals surface area contributed by atoms with Crippen molar-refractivity contribution in [3.63, 3.8) is 0 Å². The van der Waals surface area contributed by atoms with Gasteiger partial charge in [0, 0.05) is 0 Å². The van der Waals surface area contributed by atoms with Crippen molar-refractivity contribution in [3.8, 4) is 5.75 Å². The van der Waals surface area contributed by atoms with Crippen molar-refractivity contribution in [1.29, 1.82) is 0 Å². The van der Waals surface area contributed by atoms with E-state index in [4.69, 9.17) is 9.47 Å². The molecule has 1 aromatic carbocycles. The maximum absolute atomic E-state index is 5.80. The van der Waals surface area contributed by atoms with E-state index in [1.807, 2.05) is 12.1 Å². The summed E-state index contributed by atoms with van der Waals surface area (Å²) >= 11 is 0. The maximum Gasteiger partial charge on any atom is 0.137 e. The first-order chi connectivity index (χ1) is 8.18. The smallest absolute Gasteiger partial charge is 0.137 e. The first kappa shape index (κ1) is 12.4. The number of aryl methyl sites for hydroxylation is 1. The van der Waals surface area contributed by atoms with Gasteiger partial charge in [0.05, 0.1) is 20.3 Å². The van der Waals surface area contributed by atoms with Crippen molar-refractivity contribution in [2.24, 2.45) is 0 Å². The molecule has 1 heterocycles. The van der Waals surface area contributed by atoms with Crippen molar-refractivity contribution in [2.75, 3.05) is 46.5 Å². The Hall–Kier alpha value is -1.06. The Labute approximate surface area is 104 Å². The Balaban J connectivity index is 1.79. The van der Waals surface area contributed by atoms with Crippen molar-refractivity contribution in [3.05, 3.63) is 29.8 Å². The molecule has 0 N–H and O–H groups in total. The summed E-state index contributed by atoms with van der Waals surface area (Å²) in [6.45, 7) is 7.86. The van der Waals surface area contributed by atoms with Crippen LogP contribution in [0.1, 0.15) is 5.56 Å². The normalized spacial score (nSPS) is 18.9. The van der Waals surface area contributed by atoms with Gasteiger partial charge in [-0.3, -0.25) is 0 Å². The Kier molecular flexibility index (Phi) is 4.02. The minimum Gasteiger partial charge on any atom is -0.488 e. The van der Waals surface area contributed by atoms with Gasteiger partial charge in [0.25, 0.3) is 0 Å². The largest absolute Gasteiger partial charge is 0.488 e. The lowest BCUT2D eigenvalue weighted by atomic mass is 10.2. The summed E-state index contributed by atoms with van der Waals surface area (Å²) in [6.07, 6.45) is 0. The van der Waals surface area contributed by atoms with E-state index in [1.165, 1.54) is 5.56 Å². The zero-order chi connectivity index (χ0) is 12.1. The molecule has 1 fully saturated rings. The van der Waals surface area contributed by atoms with Crippen LogP contribution < -0.4 is 4.74 Å². The zero-order valence-corrected chi connectivity index (χ0v) is 10.8. The molecular formula is C14H22NO2+. The number of hydrogen-bond acceptors (Lipinski definition) is 2. The minimum atomic E-state index is 0.778. The summed E-state index contributed by atoms with van der Waals surface area (Å²) in [6, 6.07) is 8.23. The molecule has 1 aliphatic rings. The highest BCUT2D eigenvalue weighted by Gasteiger charge is 2.24. The first-order valence-corrected chi connectivity index (χ1v) is 6.29. The molecule has 0 unspecified atom stereocenters. The Morgan fingerprint density at radius 1 is 1.29 bits per heavy atom. The fourth-order valence-corrected chi connectivity index (χ4v) is 2.10. The molecule has 0 radical (unpaired) electrons. The van der Waals surface area contributed by atoms with Crippen LogP contribution in [0.25, 0.3) is 0 Å². The highest BCUT2D eigenvalue weighted by molar-refractivity contribution is 5.27. The van der Waals surface area contributed by atoms with E-state index in [2.05, 4.69) is 26.1 Å². The van der Waals surface area contributed by atoms with Gasteiger partial charge in [-0.25, -0.2) is 0 Å². The lowest BCUT2D eigenvalue weighted by Crippen LogP contribution is -2.53. The molecule has 0 amide bonds. The van der Waals surface area contributed by atoms with Gasteiger partial charge in [0.2, 0.25) is 0 Å². The van der Waals surface area contributed by atoms with Crippen LogP contribution in [-0.2, 0) is 4.74 Å². The number of morpholine rings is 1. The van der Waals surface area contributed by atoms with E-state index in [1.54, 1.807) is 0 Å². The molecule has 0 aliphatic carbocycles. The second-order valence-electron chi connectivity index (χ2n) is 5.07. The summed E-state index contributed by atoms with van der Waals surface area (Å²) in [7, 11) is 2.28. The van der Waals surface area contributed by atoms with Gasteiger partial charge in [-0.05, 0) is 24.6 Å². The van der Waals surface area contributed by atoms with Crippen molar-refractivity contribution in [1.82, 2.24) is 0 Å². The molecular weight excluding hydrogens is 214 g/mol. The van der Waals surface area contributed by atoms with Crippen molar-refractivity contribution < 1.29 is 14.0 Å². The van der Waals surface area contributed by atoms with Gasteiger partial charge in [0.1, 0.15) is 32.0 Å². The molecule has 17 heavy (non-hydrogen) atoms.